The number of fused-ring (bicyclic) bond motifs is 6. The van der Waals surface area contributed by atoms with Crippen molar-refractivity contribution in [1.82, 2.24) is 9.55 Å². The lowest BCUT2D eigenvalue weighted by atomic mass is 9.99. The number of aromatic amines is 1. The van der Waals surface area contributed by atoms with Gasteiger partial charge in [-0.05, 0) is 65.6 Å². The summed E-state index contributed by atoms with van der Waals surface area (Å²) in [5.41, 5.74) is 9.63. The number of benzene rings is 4. The quantitative estimate of drug-likeness (QED) is 0.233. The fourth-order valence-corrected chi connectivity index (χ4v) is 5.17. The van der Waals surface area contributed by atoms with Crippen LogP contribution in [0.25, 0.3) is 60.3 Å². The van der Waals surface area contributed by atoms with Crippen LogP contribution >= 0.6 is 0 Å². The van der Waals surface area contributed by atoms with Crippen molar-refractivity contribution in [2.75, 3.05) is 0 Å². The second-order valence-corrected chi connectivity index (χ2v) is 8.81. The number of nitrogens with one attached hydrogen (secondary N) is 1. The van der Waals surface area contributed by atoms with E-state index in [1.165, 1.54) is 60.3 Å². The third kappa shape index (κ3) is 4.70. The molecule has 0 unspecified atom stereocenters. The topological polar surface area (TPSA) is 20.7 Å². The van der Waals surface area contributed by atoms with Crippen LogP contribution in [-0.4, -0.2) is 9.55 Å². The molecule has 2 nitrogen and oxygen atoms in total. The lowest BCUT2D eigenvalue weighted by Gasteiger charge is -2.05. The van der Waals surface area contributed by atoms with Gasteiger partial charge < -0.3 is 9.55 Å². The molecule has 0 aliphatic rings. The van der Waals surface area contributed by atoms with Crippen molar-refractivity contribution in [2.24, 2.45) is 7.05 Å². The summed E-state index contributed by atoms with van der Waals surface area (Å²) < 4.78 is 2.28. The first-order valence-electron chi connectivity index (χ1n) is 13.7. The highest BCUT2D eigenvalue weighted by Crippen LogP contribution is 2.35. The van der Waals surface area contributed by atoms with Gasteiger partial charge >= 0.3 is 0 Å². The van der Waals surface area contributed by atoms with Gasteiger partial charge in [0.1, 0.15) is 0 Å². The van der Waals surface area contributed by atoms with Gasteiger partial charge in [-0.1, -0.05) is 101 Å². The van der Waals surface area contributed by atoms with Crippen molar-refractivity contribution < 1.29 is 0 Å². The first-order valence-corrected chi connectivity index (χ1v) is 13.7. The molecule has 4 aromatic carbocycles. The smallest absolute Gasteiger partial charge is 0.0489 e. The summed E-state index contributed by atoms with van der Waals surface area (Å²) in [6, 6.07) is 28.7. The molecule has 6 aromatic rings. The van der Waals surface area contributed by atoms with Crippen LogP contribution < -0.4 is 0 Å². The van der Waals surface area contributed by atoms with Gasteiger partial charge in [-0.25, -0.2) is 0 Å². The van der Waals surface area contributed by atoms with Crippen molar-refractivity contribution in [3.05, 3.63) is 115 Å². The molecule has 0 aliphatic heterocycles. The summed E-state index contributed by atoms with van der Waals surface area (Å²) in [4.78, 5) is 3.58. The monoisotopic (exact) mass is 498 g/mol. The molecule has 2 aromatic heterocycles. The van der Waals surface area contributed by atoms with E-state index >= 15 is 0 Å². The number of hydrogen-bond acceptors (Lipinski definition) is 0. The molecule has 0 saturated carbocycles. The molecule has 0 spiro atoms. The van der Waals surface area contributed by atoms with Gasteiger partial charge in [0.25, 0.3) is 0 Å². The zero-order valence-corrected chi connectivity index (χ0v) is 23.5. The Balaban J connectivity index is 0.000000804. The van der Waals surface area contributed by atoms with Gasteiger partial charge in [-0.15, -0.1) is 0 Å². The predicted octanol–water partition coefficient (Wildman–Crippen LogP) is 10.8. The SMILES string of the molecule is C=C/C=C(\C=C/C)c1ccc2c(c1)c1cc(-c3ccc4c(c3)[nH]c3ccccc34)ccc1n2C.CC.CC. The summed E-state index contributed by atoms with van der Waals surface area (Å²) in [6.07, 6.45) is 8.12. The van der Waals surface area contributed by atoms with Crippen LogP contribution in [0.4, 0.5) is 0 Å². The first kappa shape index (κ1) is 26.8. The standard InChI is InChI=1S/C32H26N2.2C2H6/c1-4-8-21(9-5-2)22-13-16-31-27(18-22)28-19-23(14-17-32(28)34(31)3)24-12-15-26-25-10-6-7-11-29(25)33-30(26)20-24;2*1-2/h4-20,33H,1H2,2-3H3;2*1-2H3/b9-5-,21-8+;;. The first-order chi connectivity index (χ1) is 18.7. The Hall–Kier alpha value is -4.30. The van der Waals surface area contributed by atoms with Crippen molar-refractivity contribution in [1.29, 1.82) is 0 Å². The van der Waals surface area contributed by atoms with Crippen LogP contribution in [0.2, 0.25) is 0 Å². The van der Waals surface area contributed by atoms with Crippen LogP contribution in [0.3, 0.4) is 0 Å². The number of H-pyrrole nitrogens is 1. The maximum absolute atomic E-state index is 3.89. The van der Waals surface area contributed by atoms with Crippen LogP contribution in [0.1, 0.15) is 40.2 Å². The maximum Gasteiger partial charge on any atom is 0.0489 e. The van der Waals surface area contributed by atoms with Crippen LogP contribution in [-0.2, 0) is 7.05 Å². The number of aromatic nitrogens is 2. The van der Waals surface area contributed by atoms with Gasteiger partial charge in [-0.3, -0.25) is 0 Å². The number of hydrogen-bond donors (Lipinski definition) is 1. The molecular weight excluding hydrogens is 460 g/mol. The fraction of sp³-hybridized carbons (Fsp3) is 0.167. The van der Waals surface area contributed by atoms with Gasteiger partial charge in [-0.2, -0.15) is 0 Å². The Bertz CT molecular complexity index is 1790. The summed E-state index contributed by atoms with van der Waals surface area (Å²) in [5.74, 6) is 0. The van der Waals surface area contributed by atoms with Gasteiger partial charge in [0.05, 0.1) is 0 Å². The van der Waals surface area contributed by atoms with E-state index in [9.17, 15) is 0 Å². The van der Waals surface area contributed by atoms with Crippen molar-refractivity contribution in [3.63, 3.8) is 0 Å². The molecule has 1 N–H and O–H groups in total. The summed E-state index contributed by atoms with van der Waals surface area (Å²) in [7, 11) is 2.15. The van der Waals surface area contributed by atoms with E-state index < -0.39 is 0 Å². The van der Waals surface area contributed by atoms with E-state index in [0.29, 0.717) is 0 Å². The Morgan fingerprint density at radius 3 is 2.08 bits per heavy atom. The van der Waals surface area contributed by atoms with E-state index in [0.717, 1.165) is 5.57 Å². The average Bonchev–Trinajstić information content (AvgIpc) is 3.49. The number of para-hydroxylation sites is 1. The van der Waals surface area contributed by atoms with Crippen LogP contribution in [0.5, 0.6) is 0 Å². The number of aryl methyl sites for hydroxylation is 1. The Morgan fingerprint density at radius 2 is 1.34 bits per heavy atom. The molecule has 0 amide bonds. The number of allylic oxidation sites excluding steroid dienone is 5. The van der Waals surface area contributed by atoms with Gasteiger partial charge in [0, 0.05) is 50.7 Å². The minimum atomic E-state index is 1.16. The molecule has 38 heavy (non-hydrogen) atoms. The molecule has 0 radical (unpaired) electrons. The number of rotatable bonds is 4. The second kappa shape index (κ2) is 11.8. The summed E-state index contributed by atoms with van der Waals surface area (Å²) in [6.45, 7) is 13.9. The maximum atomic E-state index is 3.89. The van der Waals surface area contributed by atoms with Crippen LogP contribution in [0.15, 0.2) is 110 Å². The second-order valence-electron chi connectivity index (χ2n) is 8.81. The minimum absolute atomic E-state index is 1.16. The molecule has 0 atom stereocenters. The molecule has 0 fully saturated rings. The molecule has 0 aliphatic carbocycles. The average molecular weight is 499 g/mol. The van der Waals surface area contributed by atoms with E-state index in [1.54, 1.807) is 0 Å². The molecule has 2 heterocycles. The normalized spacial score (nSPS) is 11.6. The highest BCUT2D eigenvalue weighted by atomic mass is 14.9. The Kier molecular flexibility index (Phi) is 8.33. The van der Waals surface area contributed by atoms with E-state index in [1.807, 2.05) is 40.7 Å². The van der Waals surface area contributed by atoms with Crippen molar-refractivity contribution in [3.8, 4) is 11.1 Å². The van der Waals surface area contributed by atoms with Crippen molar-refractivity contribution in [2.45, 2.75) is 34.6 Å². The predicted molar refractivity (Wildman–Crippen MR) is 171 cm³/mol. The Morgan fingerprint density at radius 1 is 0.711 bits per heavy atom. The molecule has 6 rings (SSSR count). The highest BCUT2D eigenvalue weighted by molar-refractivity contribution is 6.11. The zero-order chi connectivity index (χ0) is 27.2. The lowest BCUT2D eigenvalue weighted by Crippen LogP contribution is -1.87. The minimum Gasteiger partial charge on any atom is -0.354 e. The van der Waals surface area contributed by atoms with Crippen LogP contribution in [0, 0.1) is 0 Å². The molecular formula is C36H38N2. The largest absolute Gasteiger partial charge is 0.354 e. The number of nitrogens with zero attached hydrogens (tertiary/aromatic N) is 1. The molecule has 0 saturated heterocycles. The van der Waals surface area contributed by atoms with E-state index in [2.05, 4.69) is 120 Å². The third-order valence-electron chi connectivity index (χ3n) is 6.82. The fourth-order valence-electron chi connectivity index (χ4n) is 5.17. The van der Waals surface area contributed by atoms with Crippen molar-refractivity contribution >= 4 is 49.2 Å². The highest BCUT2D eigenvalue weighted by Gasteiger charge is 2.12. The molecule has 2 heteroatoms. The summed E-state index contributed by atoms with van der Waals surface area (Å²) >= 11 is 0. The van der Waals surface area contributed by atoms with Gasteiger partial charge in [0.15, 0.2) is 0 Å². The summed E-state index contributed by atoms with van der Waals surface area (Å²) in [5, 5.41) is 5.07. The van der Waals surface area contributed by atoms with E-state index in [-0.39, 0.29) is 0 Å². The van der Waals surface area contributed by atoms with Gasteiger partial charge in [0.2, 0.25) is 0 Å². The Labute approximate surface area is 226 Å². The lowest BCUT2D eigenvalue weighted by molar-refractivity contribution is 1.01. The third-order valence-corrected chi connectivity index (χ3v) is 6.82. The molecule has 0 bridgehead atoms. The zero-order valence-electron chi connectivity index (χ0n) is 23.5. The van der Waals surface area contributed by atoms with E-state index in [4.69, 9.17) is 0 Å². The molecule has 192 valence electrons.